The van der Waals surface area contributed by atoms with Crippen molar-refractivity contribution in [3.8, 4) is 0 Å². The Hall–Kier alpha value is -3.85. The van der Waals surface area contributed by atoms with Crippen molar-refractivity contribution in [2.75, 3.05) is 16.2 Å². The summed E-state index contributed by atoms with van der Waals surface area (Å²) in [6, 6.07) is 20.4. The molecule has 0 spiro atoms. The molecule has 9 heteroatoms. The highest BCUT2D eigenvalue weighted by atomic mass is 32.2. The van der Waals surface area contributed by atoms with Gasteiger partial charge >= 0.3 is 6.03 Å². The maximum absolute atomic E-state index is 12.9. The van der Waals surface area contributed by atoms with Gasteiger partial charge in [-0.25, -0.2) is 13.2 Å². The molecular weight excluding hydrogens is 438 g/mol. The normalized spacial score (nSPS) is 13.2. The zero-order chi connectivity index (χ0) is 23.4. The zero-order valence-corrected chi connectivity index (χ0v) is 18.7. The lowest BCUT2D eigenvalue weighted by Gasteiger charge is -2.30. The van der Waals surface area contributed by atoms with Crippen LogP contribution >= 0.6 is 0 Å². The number of carbonyl (C=O) groups excluding carboxylic acids is 1. The van der Waals surface area contributed by atoms with Crippen LogP contribution in [0.2, 0.25) is 0 Å². The molecule has 3 aromatic carbocycles. The summed E-state index contributed by atoms with van der Waals surface area (Å²) >= 11 is 0. The van der Waals surface area contributed by atoms with Crippen molar-refractivity contribution in [1.82, 2.24) is 5.32 Å². The summed E-state index contributed by atoms with van der Waals surface area (Å²) in [5, 5.41) is 10.4. The fraction of sp³-hybridized carbons (Fsp3) is 0.167. The van der Waals surface area contributed by atoms with Gasteiger partial charge in [-0.3, -0.25) is 15.0 Å². The summed E-state index contributed by atoms with van der Waals surface area (Å²) in [5.41, 5.74) is 9.15. The van der Waals surface area contributed by atoms with Crippen LogP contribution in [0.15, 0.2) is 77.7 Å². The van der Waals surface area contributed by atoms with Gasteiger partial charge in [-0.15, -0.1) is 0 Å². The molecule has 33 heavy (non-hydrogen) atoms. The van der Waals surface area contributed by atoms with Crippen LogP contribution in [0.25, 0.3) is 0 Å². The van der Waals surface area contributed by atoms with E-state index in [-0.39, 0.29) is 16.8 Å². The number of rotatable bonds is 6. The molecule has 0 aliphatic carbocycles. The minimum Gasteiger partial charge on any atom is -0.384 e. The number of urea groups is 1. The van der Waals surface area contributed by atoms with Gasteiger partial charge in [0.05, 0.1) is 4.90 Å². The molecule has 1 heterocycles. The Kier molecular flexibility index (Phi) is 6.32. The van der Waals surface area contributed by atoms with Gasteiger partial charge < -0.3 is 11.1 Å². The second-order valence-electron chi connectivity index (χ2n) is 7.79. The van der Waals surface area contributed by atoms with E-state index in [4.69, 9.17) is 11.1 Å². The number of nitrogens with one attached hydrogen (secondary N) is 3. The minimum absolute atomic E-state index is 0.000867. The molecule has 0 fully saturated rings. The quantitative estimate of drug-likeness (QED) is 0.330. The smallest absolute Gasteiger partial charge is 0.322 e. The topological polar surface area (TPSA) is 128 Å². The molecule has 5 N–H and O–H groups in total. The number of benzene rings is 3. The molecule has 0 radical (unpaired) electrons. The Morgan fingerprint density at radius 2 is 1.76 bits per heavy atom. The molecular formula is C24H25N5O3S. The molecule has 0 aromatic heterocycles. The second-order valence-corrected chi connectivity index (χ2v) is 9.47. The summed E-state index contributed by atoms with van der Waals surface area (Å²) in [4.78, 5) is 14.7. The number of carbonyl (C=O) groups is 1. The third-order valence-corrected chi connectivity index (χ3v) is 6.85. The van der Waals surface area contributed by atoms with E-state index in [1.807, 2.05) is 12.1 Å². The number of fused-ring (bicyclic) bond motifs is 1. The van der Waals surface area contributed by atoms with Crippen LogP contribution in [0.4, 0.5) is 16.2 Å². The van der Waals surface area contributed by atoms with Crippen LogP contribution in [-0.2, 0) is 23.0 Å². The van der Waals surface area contributed by atoms with Crippen LogP contribution in [0.1, 0.15) is 23.1 Å². The Bertz CT molecular complexity index is 1280. The number of amides is 2. The lowest BCUT2D eigenvalue weighted by molar-refractivity contribution is 0.245. The van der Waals surface area contributed by atoms with Gasteiger partial charge in [0.15, 0.2) is 0 Å². The second kappa shape index (κ2) is 9.33. The van der Waals surface area contributed by atoms with Crippen LogP contribution in [0.3, 0.4) is 0 Å². The number of nitrogen functional groups attached to an aromatic ring is 1. The maximum atomic E-state index is 12.9. The van der Waals surface area contributed by atoms with E-state index < -0.39 is 10.0 Å². The van der Waals surface area contributed by atoms with Gasteiger partial charge in [0.25, 0.3) is 10.0 Å². The number of sulfonamides is 1. The first-order valence-corrected chi connectivity index (χ1v) is 12.0. The van der Waals surface area contributed by atoms with Gasteiger partial charge in [-0.1, -0.05) is 42.5 Å². The Balaban J connectivity index is 1.45. The average molecular weight is 464 g/mol. The molecule has 170 valence electrons. The van der Waals surface area contributed by atoms with Gasteiger partial charge in [0.2, 0.25) is 0 Å². The van der Waals surface area contributed by atoms with E-state index in [0.717, 1.165) is 29.7 Å². The Labute approximate surface area is 193 Å². The fourth-order valence-electron chi connectivity index (χ4n) is 3.76. The molecule has 8 nitrogen and oxygen atoms in total. The number of hydrogen-bond acceptors (Lipinski definition) is 4. The van der Waals surface area contributed by atoms with Crippen LogP contribution < -0.4 is 20.7 Å². The van der Waals surface area contributed by atoms with E-state index in [9.17, 15) is 13.2 Å². The maximum Gasteiger partial charge on any atom is 0.322 e. The molecule has 1 aliphatic rings. The lowest BCUT2D eigenvalue weighted by atomic mass is 10.0. The van der Waals surface area contributed by atoms with Crippen molar-refractivity contribution in [3.05, 3.63) is 89.5 Å². The van der Waals surface area contributed by atoms with Crippen LogP contribution in [0, 0.1) is 5.41 Å². The molecule has 2 amide bonds. The summed E-state index contributed by atoms with van der Waals surface area (Å²) in [6.45, 7) is 0.926. The Morgan fingerprint density at radius 1 is 1.03 bits per heavy atom. The molecule has 4 rings (SSSR count). The van der Waals surface area contributed by atoms with E-state index in [1.54, 1.807) is 65.6 Å². The summed E-state index contributed by atoms with van der Waals surface area (Å²) in [7, 11) is -3.68. The van der Waals surface area contributed by atoms with Crippen molar-refractivity contribution in [3.63, 3.8) is 0 Å². The molecule has 0 saturated carbocycles. The standard InChI is InChI=1S/C24H25N5O3S/c25-23(26)18-10-8-17(9-11-18)16-27-24(30)29-14-4-5-19-15-20(12-13-22(19)29)28-33(31,32)21-6-2-1-3-7-21/h1-3,6-13,15,28H,4-5,14,16H2,(H3,25,26)(H,27,30). The van der Waals surface area contributed by atoms with E-state index >= 15 is 0 Å². The van der Waals surface area contributed by atoms with E-state index in [1.165, 1.54) is 0 Å². The number of nitrogens with two attached hydrogens (primary N) is 1. The predicted molar refractivity (Wildman–Crippen MR) is 129 cm³/mol. The van der Waals surface area contributed by atoms with E-state index in [2.05, 4.69) is 10.0 Å². The lowest BCUT2D eigenvalue weighted by Crippen LogP contribution is -2.42. The zero-order valence-electron chi connectivity index (χ0n) is 17.9. The first-order valence-electron chi connectivity index (χ1n) is 10.5. The molecule has 0 saturated heterocycles. The average Bonchev–Trinajstić information content (AvgIpc) is 2.82. The SMILES string of the molecule is N=C(N)c1ccc(CNC(=O)N2CCCc3cc(NS(=O)(=O)c4ccccc4)ccc32)cc1. The third-order valence-electron chi connectivity index (χ3n) is 5.46. The fourth-order valence-corrected chi connectivity index (χ4v) is 4.83. The molecule has 1 aliphatic heterocycles. The monoisotopic (exact) mass is 463 g/mol. The van der Waals surface area contributed by atoms with Crippen molar-refractivity contribution in [1.29, 1.82) is 5.41 Å². The van der Waals surface area contributed by atoms with Gasteiger partial charge in [-0.05, 0) is 54.3 Å². The minimum atomic E-state index is -3.68. The van der Waals surface area contributed by atoms with E-state index in [0.29, 0.717) is 24.3 Å². The van der Waals surface area contributed by atoms with Crippen molar-refractivity contribution < 1.29 is 13.2 Å². The summed E-state index contributed by atoms with van der Waals surface area (Å²) < 4.78 is 27.8. The molecule has 0 unspecified atom stereocenters. The number of aryl methyl sites for hydroxylation is 1. The third kappa shape index (κ3) is 5.15. The predicted octanol–water partition coefficient (Wildman–Crippen LogP) is 3.43. The molecule has 3 aromatic rings. The van der Waals surface area contributed by atoms with Crippen LogP contribution in [-0.4, -0.2) is 26.8 Å². The highest BCUT2D eigenvalue weighted by Crippen LogP contribution is 2.30. The van der Waals surface area contributed by atoms with Gasteiger partial charge in [-0.2, -0.15) is 0 Å². The van der Waals surface area contributed by atoms with Crippen molar-refractivity contribution >= 4 is 33.3 Å². The number of amidine groups is 1. The molecule has 0 bridgehead atoms. The summed E-state index contributed by atoms with van der Waals surface area (Å²) in [6.07, 6.45) is 1.54. The largest absolute Gasteiger partial charge is 0.384 e. The number of hydrogen-bond donors (Lipinski definition) is 4. The van der Waals surface area contributed by atoms with Crippen molar-refractivity contribution in [2.45, 2.75) is 24.3 Å². The number of nitrogens with zero attached hydrogens (tertiary/aromatic N) is 1. The van der Waals surface area contributed by atoms with Crippen LogP contribution in [0.5, 0.6) is 0 Å². The Morgan fingerprint density at radius 3 is 2.45 bits per heavy atom. The first-order chi connectivity index (χ1) is 15.8. The van der Waals surface area contributed by atoms with Gasteiger partial charge in [0.1, 0.15) is 5.84 Å². The van der Waals surface area contributed by atoms with Gasteiger partial charge in [0, 0.05) is 30.0 Å². The number of anilines is 2. The highest BCUT2D eigenvalue weighted by molar-refractivity contribution is 7.92. The molecule has 0 atom stereocenters. The van der Waals surface area contributed by atoms with Crippen molar-refractivity contribution in [2.24, 2.45) is 5.73 Å². The summed E-state index contributed by atoms with van der Waals surface area (Å²) in [5.74, 6) is 0.000867. The highest BCUT2D eigenvalue weighted by Gasteiger charge is 2.23. The first kappa shape index (κ1) is 22.3.